The number of benzene rings is 8. The average molecular weight is 1120 g/mol. The van der Waals surface area contributed by atoms with Crippen LogP contribution in [-0.4, -0.2) is 18.7 Å². The van der Waals surface area contributed by atoms with Gasteiger partial charge in [-0.2, -0.15) is 0 Å². The normalized spacial score (nSPS) is 18.6. The van der Waals surface area contributed by atoms with Crippen molar-refractivity contribution >= 4 is 32.8 Å². The summed E-state index contributed by atoms with van der Waals surface area (Å²) < 4.78 is 147. The van der Waals surface area contributed by atoms with Crippen LogP contribution in [-0.2, 0) is 31.2 Å². The summed E-state index contributed by atoms with van der Waals surface area (Å²) in [6, 6.07) is 28.1. The molecule has 6 heteroatoms. The Hall–Kier alpha value is -7.33. The van der Waals surface area contributed by atoms with E-state index in [0.717, 1.165) is 58.7 Å². The third kappa shape index (κ3) is 7.56. The van der Waals surface area contributed by atoms with Crippen LogP contribution in [0.2, 0.25) is 0 Å². The standard InChI is InChI=1S/C65H52N4O.Pt/c1-65(2,3)48-35-36-66-62(38-48)69-58-34-30-47(43-17-7-4-8-18-43)37-57(58)53-33-31-51(40-61(53)69)70-50-25-16-24-49(39-50)67-42-68(60-28-14-13-27-59(60)67)64-55(44-19-9-5-10-20-44)41-56-52-26-15-23-45(52)29-32-54(56)63(64)46-21-11-6-12-22-46;/h4-14,16-22,24-25,27-28,30-31,33-38,41,45,52H,15,23,26,29,32H2,1-3H3;/q-2;/i4D,5D,6D,7D,8D,9D,10D,11D,12D,17D,18D,19D,20D,21D,22D;. The Morgan fingerprint density at radius 2 is 1.35 bits per heavy atom. The minimum atomic E-state index is -0.562. The Morgan fingerprint density at radius 1 is 0.634 bits per heavy atom. The molecule has 0 radical (unpaired) electrons. The van der Waals surface area contributed by atoms with Gasteiger partial charge in [0.25, 0.3) is 0 Å². The number of fused-ring (bicyclic) bond motifs is 7. The van der Waals surface area contributed by atoms with E-state index < -0.39 is 78.6 Å². The van der Waals surface area contributed by atoms with Gasteiger partial charge in [-0.15, -0.1) is 0 Å². The van der Waals surface area contributed by atoms with Gasteiger partial charge in [-0.25, -0.2) is 0 Å². The van der Waals surface area contributed by atoms with Gasteiger partial charge in [-0.3, -0.25) is 0 Å². The molecular formula is C65H52N4OPt-2. The van der Waals surface area contributed by atoms with E-state index in [4.69, 9.17) is 24.8 Å². The third-order valence-corrected chi connectivity index (χ3v) is 15.2. The van der Waals surface area contributed by atoms with Crippen LogP contribution < -0.4 is 4.74 Å². The minimum absolute atomic E-state index is 0.0263. The predicted molar refractivity (Wildman–Crippen MR) is 286 cm³/mol. The van der Waals surface area contributed by atoms with E-state index in [9.17, 15) is 5.48 Å². The third-order valence-electron chi connectivity index (χ3n) is 14.2. The van der Waals surface area contributed by atoms with Crippen molar-refractivity contribution in [3.8, 4) is 62.1 Å². The van der Waals surface area contributed by atoms with Crippen LogP contribution in [0.15, 0.2) is 188 Å². The molecular weight excluding hydrogens is 1050 g/mol. The van der Waals surface area contributed by atoms with Crippen molar-refractivity contribution in [3.05, 3.63) is 220 Å². The van der Waals surface area contributed by atoms with Crippen LogP contribution in [0.4, 0.5) is 0 Å². The molecule has 350 valence electrons. The fourth-order valence-corrected chi connectivity index (χ4v) is 12.1. The molecule has 11 aromatic rings. The molecule has 5 nitrogen and oxygen atoms in total. The van der Waals surface area contributed by atoms with E-state index in [1.165, 1.54) is 0 Å². The van der Waals surface area contributed by atoms with E-state index >= 15 is 0 Å². The van der Waals surface area contributed by atoms with Gasteiger partial charge in [-0.05, 0) is 28.2 Å². The number of imidazole rings is 1. The number of hydrogen-bond acceptors (Lipinski definition) is 2. The van der Waals surface area contributed by atoms with Gasteiger partial charge < -0.3 is 0 Å². The van der Waals surface area contributed by atoms with E-state index in [-0.39, 0.29) is 45.7 Å². The molecule has 3 heterocycles. The molecule has 0 spiro atoms. The average Bonchev–Trinajstić information content (AvgIpc) is 1.39. The number of nitrogens with zero attached hydrogens (tertiary/aromatic N) is 4. The summed E-state index contributed by atoms with van der Waals surface area (Å²) in [5, 5.41) is 1.45. The Kier molecular flexibility index (Phi) is 7.50. The molecule has 0 saturated heterocycles. The van der Waals surface area contributed by atoms with Gasteiger partial charge in [0, 0.05) is 6.20 Å². The molecule has 1 fully saturated rings. The van der Waals surface area contributed by atoms with Crippen molar-refractivity contribution < 1.29 is 44.7 Å². The summed E-state index contributed by atoms with van der Waals surface area (Å²) in [7, 11) is 0. The maximum atomic E-state index is 9.55. The zero-order valence-electron chi connectivity index (χ0n) is 53.9. The van der Waals surface area contributed by atoms with Crippen molar-refractivity contribution in [2.24, 2.45) is 5.92 Å². The minimum Gasteiger partial charge on any atom is -0.0617 e. The summed E-state index contributed by atoms with van der Waals surface area (Å²) in [4.78, 5) is 4.85. The quantitative estimate of drug-likeness (QED) is 0.142. The van der Waals surface area contributed by atoms with Crippen LogP contribution in [0.1, 0.15) is 89.6 Å². The van der Waals surface area contributed by atoms with Crippen LogP contribution in [0.25, 0.3) is 83.4 Å². The van der Waals surface area contributed by atoms with E-state index in [1.807, 2.05) is 86.5 Å². The molecule has 0 N–H and O–H groups in total. The van der Waals surface area contributed by atoms with Crippen molar-refractivity contribution in [1.29, 1.82) is 0 Å². The number of pyridine rings is 1. The zero-order valence-corrected chi connectivity index (χ0v) is 41.2. The smallest absolute Gasteiger partial charge is 0.0617 e. The number of ether oxygens (including phenoxy) is 1. The summed E-state index contributed by atoms with van der Waals surface area (Å²) >= 11 is 2.19. The van der Waals surface area contributed by atoms with Crippen LogP contribution in [0.5, 0.6) is 11.5 Å². The molecule has 13 rings (SSSR count). The van der Waals surface area contributed by atoms with Crippen molar-refractivity contribution in [3.63, 3.8) is 0 Å². The summed E-state index contributed by atoms with van der Waals surface area (Å²) in [6.45, 7) is 6.35. The van der Waals surface area contributed by atoms with E-state index in [0.29, 0.717) is 72.5 Å². The molecule has 2 aliphatic carbocycles. The molecule has 71 heavy (non-hydrogen) atoms. The Bertz CT molecular complexity index is 4740. The topological polar surface area (TPSA) is 36.9 Å². The first-order valence-electron chi connectivity index (χ1n) is 31.3. The second-order valence-corrected chi connectivity index (χ2v) is 20.3. The zero-order chi connectivity index (χ0) is 60.8. The fraction of sp³-hybridized carbons (Fsp3) is 0.169. The van der Waals surface area contributed by atoms with Gasteiger partial charge in [0.1, 0.15) is 0 Å². The van der Waals surface area contributed by atoms with E-state index in [2.05, 4.69) is 52.3 Å². The van der Waals surface area contributed by atoms with Crippen LogP contribution >= 0.6 is 0 Å². The first-order valence-corrected chi connectivity index (χ1v) is 24.9. The first kappa shape index (κ1) is 30.4. The molecule has 2 aliphatic rings. The number of aromatic nitrogens is 4. The molecule has 2 unspecified atom stereocenters. The Labute approximate surface area is 447 Å². The second kappa shape index (κ2) is 17.5. The molecule has 3 aromatic heterocycles. The summed E-state index contributed by atoms with van der Waals surface area (Å²) in [5.41, 5.74) is 6.85. The molecule has 0 bridgehead atoms. The van der Waals surface area contributed by atoms with E-state index in [1.54, 1.807) is 24.4 Å². The number of rotatable bonds is 8. The molecule has 8 aromatic carbocycles. The van der Waals surface area contributed by atoms with Crippen molar-refractivity contribution in [1.82, 2.24) is 18.7 Å². The summed E-state index contributed by atoms with van der Waals surface area (Å²) in [6.07, 6.45) is 5.85. The van der Waals surface area contributed by atoms with Crippen molar-refractivity contribution in [2.75, 3.05) is 0 Å². The molecule has 0 aliphatic heterocycles. The van der Waals surface area contributed by atoms with Gasteiger partial charge in [-0.1, -0.05) is 57.0 Å². The SMILES string of the molecule is [2H]c1c([2H])c([2H])c(-c2ccc3c(c2)c2ccc(Oc4[c-]c(-n5[c](=[Pt])n(-c6c(-c7c([2H])c([2H])c([2H])c([2H])c7[2H])cc7c(c6-c6c([2H])c([2H])c([2H])c([2H])c6[2H])CCC6CCCC76)c6ccccc65)ccc4)[c-]c2n3-c2cc(C(C)(C)C)ccn2)c([2H])c1[2H]. The van der Waals surface area contributed by atoms with Gasteiger partial charge in [0.15, 0.2) is 0 Å². The molecule has 1 saturated carbocycles. The van der Waals surface area contributed by atoms with Gasteiger partial charge >= 0.3 is 351 Å². The van der Waals surface area contributed by atoms with Crippen LogP contribution in [0, 0.1) is 21.9 Å². The monoisotopic (exact) mass is 1110 g/mol. The van der Waals surface area contributed by atoms with Crippen LogP contribution in [0.3, 0.4) is 0 Å². The second-order valence-electron chi connectivity index (χ2n) is 19.3. The molecule has 2 atom stereocenters. The summed E-state index contributed by atoms with van der Waals surface area (Å²) in [5.74, 6) is 1.56. The fourth-order valence-electron chi connectivity index (χ4n) is 11.0. The number of hydrogen-bond donors (Lipinski definition) is 0. The molecule has 0 amide bonds. The Morgan fingerprint density at radius 3 is 2.11 bits per heavy atom. The number of para-hydroxylation sites is 2. The Balaban J connectivity index is 1.02. The van der Waals surface area contributed by atoms with Gasteiger partial charge in [0.05, 0.1) is 6.85 Å². The van der Waals surface area contributed by atoms with Crippen molar-refractivity contribution in [2.45, 2.75) is 64.2 Å². The predicted octanol–water partition coefficient (Wildman–Crippen LogP) is 16.5. The van der Waals surface area contributed by atoms with Gasteiger partial charge in [0.2, 0.25) is 0 Å². The maximum absolute atomic E-state index is 9.55. The first-order chi connectivity index (χ1) is 41.0.